The second-order valence-corrected chi connectivity index (χ2v) is 5.42. The number of aryl methyl sites for hydroxylation is 1. The second kappa shape index (κ2) is 6.06. The molecule has 1 aromatic carbocycles. The SMILES string of the molecule is Cc1cc(C(=O)NCC2CCCC2CO)ccc1N. The Morgan fingerprint density at radius 3 is 2.84 bits per heavy atom. The largest absolute Gasteiger partial charge is 0.399 e. The molecule has 4 nitrogen and oxygen atoms in total. The molecule has 1 amide bonds. The lowest BCUT2D eigenvalue weighted by Crippen LogP contribution is -2.31. The summed E-state index contributed by atoms with van der Waals surface area (Å²) in [5.41, 5.74) is 8.00. The average molecular weight is 262 g/mol. The van der Waals surface area contributed by atoms with Crippen LogP contribution in [0, 0.1) is 18.8 Å². The Morgan fingerprint density at radius 1 is 1.42 bits per heavy atom. The lowest BCUT2D eigenvalue weighted by Gasteiger charge is -2.17. The van der Waals surface area contributed by atoms with Crippen LogP contribution in [0.4, 0.5) is 5.69 Å². The fourth-order valence-electron chi connectivity index (χ4n) is 2.77. The van der Waals surface area contributed by atoms with Crippen molar-refractivity contribution in [2.24, 2.45) is 11.8 Å². The van der Waals surface area contributed by atoms with E-state index >= 15 is 0 Å². The molecule has 0 radical (unpaired) electrons. The number of aliphatic hydroxyl groups is 1. The van der Waals surface area contributed by atoms with Crippen molar-refractivity contribution in [1.29, 1.82) is 0 Å². The van der Waals surface area contributed by atoms with Gasteiger partial charge in [0.05, 0.1) is 0 Å². The summed E-state index contributed by atoms with van der Waals surface area (Å²) in [4.78, 5) is 12.0. The van der Waals surface area contributed by atoms with Crippen molar-refractivity contribution in [2.45, 2.75) is 26.2 Å². The van der Waals surface area contributed by atoms with Gasteiger partial charge in [-0.1, -0.05) is 6.42 Å². The lowest BCUT2D eigenvalue weighted by molar-refractivity contribution is 0.0937. The Hall–Kier alpha value is -1.55. The highest BCUT2D eigenvalue weighted by atomic mass is 16.3. The van der Waals surface area contributed by atoms with Gasteiger partial charge in [0, 0.05) is 24.4 Å². The van der Waals surface area contributed by atoms with E-state index < -0.39 is 0 Å². The van der Waals surface area contributed by atoms with Gasteiger partial charge in [0.1, 0.15) is 0 Å². The molecule has 104 valence electrons. The molecule has 1 aliphatic rings. The normalized spacial score (nSPS) is 22.4. The molecule has 4 heteroatoms. The van der Waals surface area contributed by atoms with E-state index in [1.165, 1.54) is 0 Å². The number of rotatable bonds is 4. The minimum Gasteiger partial charge on any atom is -0.399 e. The molecule has 1 aliphatic carbocycles. The van der Waals surface area contributed by atoms with Crippen LogP contribution in [0.15, 0.2) is 18.2 Å². The number of benzene rings is 1. The third-order valence-electron chi connectivity index (χ3n) is 4.11. The molecule has 0 aromatic heterocycles. The first-order valence-corrected chi connectivity index (χ1v) is 6.87. The van der Waals surface area contributed by atoms with Gasteiger partial charge < -0.3 is 16.2 Å². The molecule has 4 N–H and O–H groups in total. The van der Waals surface area contributed by atoms with Gasteiger partial charge in [-0.3, -0.25) is 4.79 Å². The van der Waals surface area contributed by atoms with E-state index in [4.69, 9.17) is 5.73 Å². The van der Waals surface area contributed by atoms with Crippen molar-refractivity contribution < 1.29 is 9.90 Å². The molecule has 2 atom stereocenters. The molecule has 0 spiro atoms. The zero-order valence-corrected chi connectivity index (χ0v) is 11.4. The number of nitrogen functional groups attached to an aromatic ring is 1. The van der Waals surface area contributed by atoms with Gasteiger partial charge in [-0.15, -0.1) is 0 Å². The number of hydrogen-bond acceptors (Lipinski definition) is 3. The van der Waals surface area contributed by atoms with E-state index in [-0.39, 0.29) is 12.5 Å². The number of nitrogens with one attached hydrogen (secondary N) is 1. The average Bonchev–Trinajstić information content (AvgIpc) is 2.86. The van der Waals surface area contributed by atoms with Gasteiger partial charge in [-0.25, -0.2) is 0 Å². The number of nitrogens with two attached hydrogens (primary N) is 1. The maximum Gasteiger partial charge on any atom is 0.251 e. The fourth-order valence-corrected chi connectivity index (χ4v) is 2.77. The Balaban J connectivity index is 1.92. The fraction of sp³-hybridized carbons (Fsp3) is 0.533. The van der Waals surface area contributed by atoms with E-state index in [2.05, 4.69) is 5.32 Å². The minimum atomic E-state index is -0.0633. The summed E-state index contributed by atoms with van der Waals surface area (Å²) in [6.45, 7) is 2.76. The lowest BCUT2D eigenvalue weighted by atomic mass is 9.97. The van der Waals surface area contributed by atoms with Gasteiger partial charge in [0.2, 0.25) is 0 Å². The smallest absolute Gasteiger partial charge is 0.251 e. The molecule has 0 heterocycles. The van der Waals surface area contributed by atoms with E-state index in [1.807, 2.05) is 13.0 Å². The summed E-state index contributed by atoms with van der Waals surface area (Å²) in [6.07, 6.45) is 3.30. The molecular formula is C15H22N2O2. The van der Waals surface area contributed by atoms with Crippen molar-refractivity contribution in [3.63, 3.8) is 0 Å². The molecular weight excluding hydrogens is 240 g/mol. The summed E-state index contributed by atoms with van der Waals surface area (Å²) >= 11 is 0. The van der Waals surface area contributed by atoms with Crippen LogP contribution in [-0.4, -0.2) is 24.2 Å². The summed E-state index contributed by atoms with van der Waals surface area (Å²) in [5, 5.41) is 12.2. The van der Waals surface area contributed by atoms with E-state index in [0.717, 1.165) is 24.8 Å². The maximum atomic E-state index is 12.0. The maximum absolute atomic E-state index is 12.0. The van der Waals surface area contributed by atoms with E-state index in [0.29, 0.717) is 29.6 Å². The number of carbonyl (C=O) groups excluding carboxylic acids is 1. The monoisotopic (exact) mass is 262 g/mol. The van der Waals surface area contributed by atoms with Crippen molar-refractivity contribution in [2.75, 3.05) is 18.9 Å². The molecule has 1 aromatic rings. The summed E-state index contributed by atoms with van der Waals surface area (Å²) in [6, 6.07) is 5.31. The second-order valence-electron chi connectivity index (χ2n) is 5.42. The van der Waals surface area contributed by atoms with Crippen LogP contribution >= 0.6 is 0 Å². The number of aliphatic hydroxyl groups excluding tert-OH is 1. The Morgan fingerprint density at radius 2 is 2.16 bits per heavy atom. The molecule has 1 saturated carbocycles. The van der Waals surface area contributed by atoms with Crippen LogP contribution in [0.5, 0.6) is 0 Å². The number of carbonyl (C=O) groups is 1. The first-order valence-electron chi connectivity index (χ1n) is 6.87. The topological polar surface area (TPSA) is 75.3 Å². The van der Waals surface area contributed by atoms with E-state index in [1.54, 1.807) is 12.1 Å². The van der Waals surface area contributed by atoms with Crippen LogP contribution < -0.4 is 11.1 Å². The molecule has 19 heavy (non-hydrogen) atoms. The van der Waals surface area contributed by atoms with Crippen LogP contribution in [-0.2, 0) is 0 Å². The standard InChI is InChI=1S/C15H22N2O2/c1-10-7-11(5-6-14(10)16)15(19)17-8-12-3-2-4-13(12)9-18/h5-7,12-13,18H,2-4,8-9,16H2,1H3,(H,17,19). The summed E-state index contributed by atoms with van der Waals surface area (Å²) < 4.78 is 0. The van der Waals surface area contributed by atoms with Crippen molar-refractivity contribution >= 4 is 11.6 Å². The van der Waals surface area contributed by atoms with E-state index in [9.17, 15) is 9.90 Å². The highest BCUT2D eigenvalue weighted by Gasteiger charge is 2.26. The van der Waals surface area contributed by atoms with Crippen LogP contribution in [0.1, 0.15) is 35.2 Å². The third-order valence-corrected chi connectivity index (χ3v) is 4.11. The number of amides is 1. The summed E-state index contributed by atoms with van der Waals surface area (Å²) in [5.74, 6) is 0.684. The Kier molecular flexibility index (Phi) is 4.43. The van der Waals surface area contributed by atoms with Gasteiger partial charge in [0.25, 0.3) is 5.91 Å². The number of hydrogen-bond donors (Lipinski definition) is 3. The first kappa shape index (κ1) is 13.9. The van der Waals surface area contributed by atoms with Crippen molar-refractivity contribution in [3.05, 3.63) is 29.3 Å². The highest BCUT2D eigenvalue weighted by molar-refractivity contribution is 5.94. The number of anilines is 1. The molecule has 0 saturated heterocycles. The van der Waals surface area contributed by atoms with Gasteiger partial charge in [-0.05, 0) is 55.4 Å². The van der Waals surface area contributed by atoms with Gasteiger partial charge in [0.15, 0.2) is 0 Å². The van der Waals surface area contributed by atoms with Crippen LogP contribution in [0.3, 0.4) is 0 Å². The zero-order chi connectivity index (χ0) is 13.8. The highest BCUT2D eigenvalue weighted by Crippen LogP contribution is 2.30. The Bertz CT molecular complexity index is 459. The van der Waals surface area contributed by atoms with Gasteiger partial charge >= 0.3 is 0 Å². The molecule has 0 bridgehead atoms. The predicted molar refractivity (Wildman–Crippen MR) is 75.8 cm³/mol. The third kappa shape index (κ3) is 3.26. The molecule has 2 rings (SSSR count). The quantitative estimate of drug-likeness (QED) is 0.723. The van der Waals surface area contributed by atoms with Gasteiger partial charge in [-0.2, -0.15) is 0 Å². The van der Waals surface area contributed by atoms with Crippen molar-refractivity contribution in [3.8, 4) is 0 Å². The van der Waals surface area contributed by atoms with Crippen molar-refractivity contribution in [1.82, 2.24) is 5.32 Å². The summed E-state index contributed by atoms with van der Waals surface area (Å²) in [7, 11) is 0. The van der Waals surface area contributed by atoms with Crippen LogP contribution in [0.25, 0.3) is 0 Å². The Labute approximate surface area is 114 Å². The van der Waals surface area contributed by atoms with Crippen LogP contribution in [0.2, 0.25) is 0 Å². The molecule has 1 fully saturated rings. The predicted octanol–water partition coefficient (Wildman–Crippen LogP) is 1.72. The first-order chi connectivity index (χ1) is 9.11. The zero-order valence-electron chi connectivity index (χ0n) is 11.4. The molecule has 0 aliphatic heterocycles. The minimum absolute atomic E-state index is 0.0633. The molecule has 2 unspecified atom stereocenters.